The van der Waals surface area contributed by atoms with Crippen LogP contribution in [0.15, 0.2) is 48.8 Å². The van der Waals surface area contributed by atoms with E-state index < -0.39 is 30.0 Å². The van der Waals surface area contributed by atoms with Gasteiger partial charge >= 0.3 is 12.1 Å². The predicted octanol–water partition coefficient (Wildman–Crippen LogP) is 4.93. The molecule has 2 bridgehead atoms. The molecule has 0 unspecified atom stereocenters. The van der Waals surface area contributed by atoms with Gasteiger partial charge in [-0.2, -0.15) is 0 Å². The van der Waals surface area contributed by atoms with Crippen molar-refractivity contribution in [2.75, 3.05) is 24.3 Å². The number of halogens is 2. The Morgan fingerprint density at radius 3 is 2.90 bits per heavy atom. The fourth-order valence-electron chi connectivity index (χ4n) is 4.62. The minimum absolute atomic E-state index is 0.0539. The number of anilines is 2. The van der Waals surface area contributed by atoms with E-state index in [2.05, 4.69) is 30.7 Å². The number of nitrogens with one attached hydrogen (secondary N) is 4. The second-order valence-electron chi connectivity index (χ2n) is 9.00. The van der Waals surface area contributed by atoms with Crippen LogP contribution in [0.2, 0.25) is 5.02 Å². The summed E-state index contributed by atoms with van der Waals surface area (Å²) in [5, 5.41) is 8.22. The number of methoxy groups -OCH3 is 1. The van der Waals surface area contributed by atoms with Crippen molar-refractivity contribution in [1.82, 2.24) is 25.2 Å². The maximum Gasteiger partial charge on any atom is 0.411 e. The molecule has 2 aromatic heterocycles. The van der Waals surface area contributed by atoms with Gasteiger partial charge in [-0.3, -0.25) is 15.1 Å². The van der Waals surface area contributed by atoms with Gasteiger partial charge in [0.25, 0.3) is 0 Å². The van der Waals surface area contributed by atoms with Crippen LogP contribution in [-0.4, -0.2) is 51.5 Å². The maximum absolute atomic E-state index is 14.5. The van der Waals surface area contributed by atoms with Crippen molar-refractivity contribution in [3.8, 4) is 11.3 Å². The Labute approximate surface area is 227 Å². The van der Waals surface area contributed by atoms with Crippen LogP contribution in [0, 0.1) is 5.82 Å². The third-order valence-electron chi connectivity index (χ3n) is 6.54. The van der Waals surface area contributed by atoms with E-state index in [9.17, 15) is 18.8 Å². The fourth-order valence-corrected chi connectivity index (χ4v) is 4.77. The Hall–Kier alpha value is -4.45. The van der Waals surface area contributed by atoms with Crippen molar-refractivity contribution in [1.29, 1.82) is 0 Å². The number of benzene rings is 1. The van der Waals surface area contributed by atoms with E-state index in [1.165, 1.54) is 19.4 Å². The highest BCUT2D eigenvalue weighted by Crippen LogP contribution is 2.34. The topological polar surface area (TPSA) is 141 Å². The van der Waals surface area contributed by atoms with E-state index in [-0.39, 0.29) is 23.0 Å². The molecule has 2 aliphatic heterocycles. The molecule has 0 aliphatic carbocycles. The Kier molecular flexibility index (Phi) is 7.46. The summed E-state index contributed by atoms with van der Waals surface area (Å²) < 4.78 is 19.2. The van der Waals surface area contributed by atoms with Gasteiger partial charge in [0, 0.05) is 36.6 Å². The molecule has 5 rings (SSSR count). The number of imidazole rings is 1. The SMILES string of the molecule is COC(=O)Nc1ccc2c(c1)NC(=O)C/C=C/C[C@H](N1CC[C@H](c3nccc(Cl)c3F)NC1=O)c1nc-2c[nH]1. The molecule has 11 nitrogen and oxygen atoms in total. The number of amides is 4. The minimum Gasteiger partial charge on any atom is -0.453 e. The van der Waals surface area contributed by atoms with Gasteiger partial charge in [0.15, 0.2) is 5.82 Å². The van der Waals surface area contributed by atoms with Crippen LogP contribution >= 0.6 is 11.6 Å². The highest BCUT2D eigenvalue weighted by molar-refractivity contribution is 6.30. The van der Waals surface area contributed by atoms with Gasteiger partial charge in [-0.25, -0.2) is 19.0 Å². The number of H-pyrrole nitrogens is 1. The van der Waals surface area contributed by atoms with E-state index in [0.29, 0.717) is 47.8 Å². The number of pyridine rings is 1. The Morgan fingerprint density at radius 1 is 1.26 bits per heavy atom. The molecule has 4 N–H and O–H groups in total. The van der Waals surface area contributed by atoms with E-state index in [1.54, 1.807) is 35.4 Å². The number of aromatic amines is 1. The first-order valence-corrected chi connectivity index (χ1v) is 12.6. The smallest absolute Gasteiger partial charge is 0.411 e. The van der Waals surface area contributed by atoms with Crippen LogP contribution in [0.25, 0.3) is 11.3 Å². The molecule has 1 fully saturated rings. The number of nitrogens with zero attached hydrogens (tertiary/aromatic N) is 3. The lowest BCUT2D eigenvalue weighted by molar-refractivity contribution is -0.115. The second-order valence-corrected chi connectivity index (χ2v) is 9.41. The molecule has 1 saturated heterocycles. The van der Waals surface area contributed by atoms with Gasteiger partial charge in [-0.1, -0.05) is 23.8 Å². The first-order chi connectivity index (χ1) is 18.8. The second kappa shape index (κ2) is 11.1. The third kappa shape index (κ3) is 5.55. The average molecular weight is 554 g/mol. The lowest BCUT2D eigenvalue weighted by atomic mass is 10.0. The predicted molar refractivity (Wildman–Crippen MR) is 142 cm³/mol. The Bertz CT molecular complexity index is 1460. The van der Waals surface area contributed by atoms with E-state index in [4.69, 9.17) is 16.6 Å². The highest BCUT2D eigenvalue weighted by atomic mass is 35.5. The first kappa shape index (κ1) is 26.2. The molecular weight excluding hydrogens is 529 g/mol. The first-order valence-electron chi connectivity index (χ1n) is 12.2. The molecule has 2 atom stereocenters. The zero-order valence-electron chi connectivity index (χ0n) is 20.8. The summed E-state index contributed by atoms with van der Waals surface area (Å²) in [5.41, 5.74) is 2.14. The lowest BCUT2D eigenvalue weighted by Gasteiger charge is -2.37. The molecule has 3 aromatic rings. The number of rotatable bonds is 3. The standard InChI is InChI=1S/C26H25ClFN7O4/c1-39-26(38)31-14-6-7-15-18(12-14)32-21(36)5-3-2-4-20(24-30-13-19(15)33-24)35-11-9-17(34-25(35)37)23-22(28)16(27)8-10-29-23/h2-3,6-8,10,12-13,17,20H,4-5,9,11H2,1H3,(H,30,33)(H,31,38)(H,32,36)(H,34,37)/b3-2+/t17-,20+/m1/s1. The monoisotopic (exact) mass is 553 g/mol. The van der Waals surface area contributed by atoms with Crippen molar-refractivity contribution in [2.24, 2.45) is 0 Å². The summed E-state index contributed by atoms with van der Waals surface area (Å²) in [4.78, 5) is 51.2. The number of carbonyl (C=O) groups is 3. The molecule has 0 spiro atoms. The van der Waals surface area contributed by atoms with Gasteiger partial charge in [-0.15, -0.1) is 0 Å². The molecule has 4 heterocycles. The van der Waals surface area contributed by atoms with E-state index >= 15 is 0 Å². The van der Waals surface area contributed by atoms with Gasteiger partial charge < -0.3 is 25.3 Å². The molecule has 2 aliphatic rings. The van der Waals surface area contributed by atoms with Gasteiger partial charge in [0.2, 0.25) is 5.91 Å². The summed E-state index contributed by atoms with van der Waals surface area (Å²) in [6.07, 6.45) is 6.91. The molecular formula is C26H25ClFN7O4. The van der Waals surface area contributed by atoms with Crippen LogP contribution in [-0.2, 0) is 9.53 Å². The van der Waals surface area contributed by atoms with Crippen LogP contribution < -0.4 is 16.0 Å². The zero-order valence-corrected chi connectivity index (χ0v) is 21.6. The van der Waals surface area contributed by atoms with Gasteiger partial charge in [0.05, 0.1) is 41.3 Å². The Morgan fingerprint density at radius 2 is 2.10 bits per heavy atom. The summed E-state index contributed by atoms with van der Waals surface area (Å²) in [7, 11) is 1.26. The quantitative estimate of drug-likeness (QED) is 0.339. The van der Waals surface area contributed by atoms with Crippen LogP contribution in [0.5, 0.6) is 0 Å². The zero-order chi connectivity index (χ0) is 27.5. The van der Waals surface area contributed by atoms with Crippen molar-refractivity contribution >= 4 is 41.0 Å². The number of hydrogen-bond donors (Lipinski definition) is 4. The van der Waals surface area contributed by atoms with Crippen LogP contribution in [0.3, 0.4) is 0 Å². The Balaban J connectivity index is 1.43. The van der Waals surface area contributed by atoms with Gasteiger partial charge in [0.1, 0.15) is 5.82 Å². The summed E-state index contributed by atoms with van der Waals surface area (Å²) in [5.74, 6) is -0.362. The van der Waals surface area contributed by atoms with Crippen molar-refractivity contribution in [3.63, 3.8) is 0 Å². The van der Waals surface area contributed by atoms with E-state index in [1.807, 2.05) is 6.08 Å². The van der Waals surface area contributed by atoms with Crippen molar-refractivity contribution in [2.45, 2.75) is 31.3 Å². The number of ether oxygens (including phenoxy) is 1. The average Bonchev–Trinajstić information content (AvgIpc) is 3.40. The molecule has 4 amide bonds. The molecule has 0 saturated carbocycles. The van der Waals surface area contributed by atoms with Crippen LogP contribution in [0.1, 0.15) is 42.9 Å². The number of fused-ring (bicyclic) bond motifs is 4. The summed E-state index contributed by atoms with van der Waals surface area (Å²) in [6, 6.07) is 4.88. The maximum atomic E-state index is 14.5. The van der Waals surface area contributed by atoms with Crippen molar-refractivity contribution in [3.05, 3.63) is 71.2 Å². The highest BCUT2D eigenvalue weighted by Gasteiger charge is 2.34. The molecule has 39 heavy (non-hydrogen) atoms. The normalized spacial score (nSPS) is 20.0. The van der Waals surface area contributed by atoms with Crippen molar-refractivity contribution < 1.29 is 23.5 Å². The molecule has 0 radical (unpaired) electrons. The fraction of sp³-hybridized carbons (Fsp3) is 0.269. The largest absolute Gasteiger partial charge is 0.453 e. The number of urea groups is 1. The summed E-state index contributed by atoms with van der Waals surface area (Å²) >= 11 is 5.91. The van der Waals surface area contributed by atoms with E-state index in [0.717, 1.165) is 0 Å². The lowest BCUT2D eigenvalue weighted by Crippen LogP contribution is -2.49. The number of hydrogen-bond acceptors (Lipinski definition) is 6. The third-order valence-corrected chi connectivity index (χ3v) is 6.83. The summed E-state index contributed by atoms with van der Waals surface area (Å²) in [6.45, 7) is 0.318. The number of carbonyl (C=O) groups excluding carboxylic acids is 3. The minimum atomic E-state index is -0.649. The molecule has 1 aromatic carbocycles. The van der Waals surface area contributed by atoms with Gasteiger partial charge in [-0.05, 0) is 37.1 Å². The molecule has 202 valence electrons. The molecule has 13 heteroatoms. The number of aromatic nitrogens is 3. The van der Waals surface area contributed by atoms with Crippen LogP contribution in [0.4, 0.5) is 25.4 Å².